The summed E-state index contributed by atoms with van der Waals surface area (Å²) in [6.07, 6.45) is 1.57. The molecular formula is C12H12FNO2. The standard InChI is InChI=1S/C12H12FNO2/c13-11-3-1-2-10(8-11)9-4-6-14(7-5-9)12(15)16/h1-4,8H,5-7H2,(H,15,16). The second kappa shape index (κ2) is 4.35. The highest BCUT2D eigenvalue weighted by Gasteiger charge is 2.16. The zero-order valence-electron chi connectivity index (χ0n) is 8.69. The summed E-state index contributed by atoms with van der Waals surface area (Å²) in [7, 11) is 0. The topological polar surface area (TPSA) is 40.5 Å². The second-order valence-corrected chi connectivity index (χ2v) is 3.72. The number of halogens is 1. The van der Waals surface area contributed by atoms with Crippen LogP contribution in [0.3, 0.4) is 0 Å². The minimum absolute atomic E-state index is 0.265. The highest BCUT2D eigenvalue weighted by Crippen LogP contribution is 2.22. The highest BCUT2D eigenvalue weighted by molar-refractivity contribution is 5.71. The number of benzene rings is 1. The van der Waals surface area contributed by atoms with Gasteiger partial charge in [-0.2, -0.15) is 0 Å². The molecule has 0 fully saturated rings. The maximum Gasteiger partial charge on any atom is 0.407 e. The van der Waals surface area contributed by atoms with Gasteiger partial charge in [-0.3, -0.25) is 0 Å². The van der Waals surface area contributed by atoms with E-state index in [9.17, 15) is 9.18 Å². The molecule has 0 unspecified atom stereocenters. The van der Waals surface area contributed by atoms with E-state index in [1.165, 1.54) is 17.0 Å². The van der Waals surface area contributed by atoms with E-state index in [2.05, 4.69) is 0 Å². The van der Waals surface area contributed by atoms with Crippen LogP contribution in [0.1, 0.15) is 12.0 Å². The quantitative estimate of drug-likeness (QED) is 0.791. The Kier molecular flexibility index (Phi) is 2.90. The molecule has 0 bridgehead atoms. The fraction of sp³-hybridized carbons (Fsp3) is 0.250. The molecular weight excluding hydrogens is 209 g/mol. The summed E-state index contributed by atoms with van der Waals surface area (Å²) in [6.45, 7) is 0.846. The van der Waals surface area contributed by atoms with Crippen molar-refractivity contribution in [3.63, 3.8) is 0 Å². The van der Waals surface area contributed by atoms with Crippen molar-refractivity contribution < 1.29 is 14.3 Å². The van der Waals surface area contributed by atoms with Crippen LogP contribution in [0.15, 0.2) is 30.3 Å². The van der Waals surface area contributed by atoms with E-state index in [4.69, 9.17) is 5.11 Å². The number of rotatable bonds is 1. The number of carbonyl (C=O) groups is 1. The van der Waals surface area contributed by atoms with Crippen molar-refractivity contribution in [3.05, 3.63) is 41.7 Å². The van der Waals surface area contributed by atoms with Crippen LogP contribution in [0.4, 0.5) is 9.18 Å². The summed E-state index contributed by atoms with van der Waals surface area (Å²) in [6, 6.07) is 6.37. The molecule has 16 heavy (non-hydrogen) atoms. The lowest BCUT2D eigenvalue weighted by Gasteiger charge is -2.23. The van der Waals surface area contributed by atoms with Gasteiger partial charge in [0.15, 0.2) is 0 Å². The van der Waals surface area contributed by atoms with Gasteiger partial charge in [-0.1, -0.05) is 18.2 Å². The monoisotopic (exact) mass is 221 g/mol. The third kappa shape index (κ3) is 2.21. The van der Waals surface area contributed by atoms with E-state index in [0.717, 1.165) is 11.1 Å². The molecule has 0 atom stereocenters. The second-order valence-electron chi connectivity index (χ2n) is 3.72. The molecule has 1 aliphatic heterocycles. The summed E-state index contributed by atoms with van der Waals surface area (Å²) in [4.78, 5) is 12.0. The van der Waals surface area contributed by atoms with Crippen molar-refractivity contribution in [2.45, 2.75) is 6.42 Å². The first-order valence-electron chi connectivity index (χ1n) is 5.09. The van der Waals surface area contributed by atoms with Crippen molar-refractivity contribution in [3.8, 4) is 0 Å². The van der Waals surface area contributed by atoms with Crippen LogP contribution >= 0.6 is 0 Å². The van der Waals surface area contributed by atoms with Crippen LogP contribution in [-0.4, -0.2) is 29.2 Å². The molecule has 1 amide bonds. The first-order chi connectivity index (χ1) is 7.66. The van der Waals surface area contributed by atoms with Gasteiger partial charge >= 0.3 is 6.09 Å². The SMILES string of the molecule is O=C(O)N1CC=C(c2cccc(F)c2)CC1. The van der Waals surface area contributed by atoms with Crippen LogP contribution in [0.2, 0.25) is 0 Å². The van der Waals surface area contributed by atoms with Crippen molar-refractivity contribution in [2.75, 3.05) is 13.1 Å². The van der Waals surface area contributed by atoms with Crippen LogP contribution in [0.25, 0.3) is 5.57 Å². The number of nitrogens with zero attached hydrogens (tertiary/aromatic N) is 1. The fourth-order valence-corrected chi connectivity index (χ4v) is 1.79. The Morgan fingerprint density at radius 1 is 1.44 bits per heavy atom. The molecule has 3 nitrogen and oxygen atoms in total. The van der Waals surface area contributed by atoms with Gasteiger partial charge in [0.2, 0.25) is 0 Å². The van der Waals surface area contributed by atoms with Gasteiger partial charge < -0.3 is 10.0 Å². The van der Waals surface area contributed by atoms with E-state index in [1.54, 1.807) is 6.07 Å². The lowest BCUT2D eigenvalue weighted by atomic mass is 10.00. The molecule has 0 aliphatic carbocycles. The molecule has 0 saturated carbocycles. The van der Waals surface area contributed by atoms with Crippen LogP contribution in [0.5, 0.6) is 0 Å². The van der Waals surface area contributed by atoms with Gasteiger partial charge in [0.05, 0.1) is 0 Å². The third-order valence-electron chi connectivity index (χ3n) is 2.68. The zero-order valence-corrected chi connectivity index (χ0v) is 8.69. The highest BCUT2D eigenvalue weighted by atomic mass is 19.1. The Balaban J connectivity index is 2.16. The van der Waals surface area contributed by atoms with E-state index in [-0.39, 0.29) is 5.82 Å². The molecule has 0 radical (unpaired) electrons. The predicted octanol–water partition coefficient (Wildman–Crippen LogP) is 2.59. The average Bonchev–Trinajstić information content (AvgIpc) is 2.29. The Morgan fingerprint density at radius 2 is 2.25 bits per heavy atom. The van der Waals surface area contributed by atoms with E-state index < -0.39 is 6.09 Å². The largest absolute Gasteiger partial charge is 0.465 e. The minimum Gasteiger partial charge on any atom is -0.465 e. The van der Waals surface area contributed by atoms with Gasteiger partial charge in [0.1, 0.15) is 5.82 Å². The van der Waals surface area contributed by atoms with Gasteiger partial charge in [-0.05, 0) is 29.7 Å². The summed E-state index contributed by atoms with van der Waals surface area (Å²) in [5, 5.41) is 8.78. The molecule has 1 N–H and O–H groups in total. The maximum absolute atomic E-state index is 13.0. The molecule has 1 heterocycles. The van der Waals surface area contributed by atoms with Crippen LogP contribution in [-0.2, 0) is 0 Å². The molecule has 0 aromatic heterocycles. The summed E-state index contributed by atoms with van der Waals surface area (Å²) in [5.41, 5.74) is 1.85. The summed E-state index contributed by atoms with van der Waals surface area (Å²) < 4.78 is 13.0. The number of amides is 1. The molecule has 0 saturated heterocycles. The van der Waals surface area contributed by atoms with E-state index in [0.29, 0.717) is 19.5 Å². The summed E-state index contributed by atoms with van der Waals surface area (Å²) >= 11 is 0. The molecule has 1 aromatic carbocycles. The number of hydrogen-bond donors (Lipinski definition) is 1. The van der Waals surface area contributed by atoms with Crippen molar-refractivity contribution in [1.82, 2.24) is 4.90 Å². The van der Waals surface area contributed by atoms with Crippen molar-refractivity contribution >= 4 is 11.7 Å². The van der Waals surface area contributed by atoms with Crippen molar-refractivity contribution in [1.29, 1.82) is 0 Å². The van der Waals surface area contributed by atoms with Gasteiger partial charge in [0, 0.05) is 13.1 Å². The normalized spacial score (nSPS) is 15.8. The van der Waals surface area contributed by atoms with Gasteiger partial charge in [-0.25, -0.2) is 9.18 Å². The molecule has 1 aromatic rings. The van der Waals surface area contributed by atoms with Crippen LogP contribution in [0, 0.1) is 5.82 Å². The first-order valence-corrected chi connectivity index (χ1v) is 5.09. The molecule has 1 aliphatic rings. The predicted molar refractivity (Wildman–Crippen MR) is 58.6 cm³/mol. The maximum atomic E-state index is 13.0. The van der Waals surface area contributed by atoms with Crippen molar-refractivity contribution in [2.24, 2.45) is 0 Å². The fourth-order valence-electron chi connectivity index (χ4n) is 1.79. The Labute approximate surface area is 92.8 Å². The zero-order chi connectivity index (χ0) is 11.5. The molecule has 4 heteroatoms. The number of carboxylic acid groups (broad SMARTS) is 1. The molecule has 84 valence electrons. The Bertz CT molecular complexity index is 442. The Morgan fingerprint density at radius 3 is 2.81 bits per heavy atom. The number of hydrogen-bond acceptors (Lipinski definition) is 1. The molecule has 2 rings (SSSR count). The smallest absolute Gasteiger partial charge is 0.407 e. The lowest BCUT2D eigenvalue weighted by molar-refractivity contribution is 0.150. The first kappa shape index (κ1) is 10.7. The molecule has 0 spiro atoms. The summed E-state index contributed by atoms with van der Waals surface area (Å²) in [5.74, 6) is -0.265. The lowest BCUT2D eigenvalue weighted by Crippen LogP contribution is -2.33. The average molecular weight is 221 g/mol. The Hall–Kier alpha value is -1.84. The van der Waals surface area contributed by atoms with E-state index >= 15 is 0 Å². The van der Waals surface area contributed by atoms with Gasteiger partial charge in [-0.15, -0.1) is 0 Å². The van der Waals surface area contributed by atoms with Crippen LogP contribution < -0.4 is 0 Å². The third-order valence-corrected chi connectivity index (χ3v) is 2.68. The minimum atomic E-state index is -0.908. The van der Waals surface area contributed by atoms with E-state index in [1.807, 2.05) is 12.1 Å². The van der Waals surface area contributed by atoms with Gasteiger partial charge in [0.25, 0.3) is 0 Å².